The Hall–Kier alpha value is -2.10. The molecule has 0 saturated heterocycles. The zero-order chi connectivity index (χ0) is 13.0. The van der Waals surface area contributed by atoms with Crippen LogP contribution in [0.15, 0.2) is 30.5 Å². The van der Waals surface area contributed by atoms with Gasteiger partial charge in [-0.15, -0.1) is 0 Å². The average Bonchev–Trinajstić information content (AvgIpc) is 2.37. The summed E-state index contributed by atoms with van der Waals surface area (Å²) in [6, 6.07) is 7.88. The van der Waals surface area contributed by atoms with Crippen LogP contribution in [0.4, 0.5) is 11.4 Å². The molecular formula is C14H17N3O. The summed E-state index contributed by atoms with van der Waals surface area (Å²) in [5.41, 5.74) is 2.56. The molecule has 18 heavy (non-hydrogen) atoms. The largest absolute Gasteiger partial charge is 0.383 e. The summed E-state index contributed by atoms with van der Waals surface area (Å²) in [5.74, 6) is 0.529. The molecule has 0 fully saturated rings. The first-order chi connectivity index (χ1) is 8.72. The molecule has 0 aliphatic rings. The molecule has 2 N–H and O–H groups in total. The van der Waals surface area contributed by atoms with Crippen LogP contribution in [0.1, 0.15) is 13.8 Å². The number of nitrogens with zero attached hydrogens (tertiary/aromatic N) is 1. The molecule has 0 aliphatic heterocycles. The van der Waals surface area contributed by atoms with Gasteiger partial charge in [0.25, 0.3) is 0 Å². The summed E-state index contributed by atoms with van der Waals surface area (Å²) >= 11 is 0. The van der Waals surface area contributed by atoms with Gasteiger partial charge in [-0.1, -0.05) is 32.0 Å². The zero-order valence-electron chi connectivity index (χ0n) is 10.6. The molecule has 4 heteroatoms. The van der Waals surface area contributed by atoms with Crippen LogP contribution in [0.2, 0.25) is 0 Å². The lowest BCUT2D eigenvalue weighted by atomic mass is 10.1. The summed E-state index contributed by atoms with van der Waals surface area (Å²) in [7, 11) is 0. The van der Waals surface area contributed by atoms with Crippen molar-refractivity contribution >= 4 is 28.7 Å². The third kappa shape index (κ3) is 2.59. The first-order valence-electron chi connectivity index (χ1n) is 6.04. The number of fused-ring (bicyclic) bond motifs is 1. The lowest BCUT2D eigenvalue weighted by molar-refractivity contribution is -0.105. The van der Waals surface area contributed by atoms with Crippen LogP contribution >= 0.6 is 0 Å². The second-order valence-electron chi connectivity index (χ2n) is 4.60. The molecule has 1 amide bonds. The zero-order valence-corrected chi connectivity index (χ0v) is 10.6. The van der Waals surface area contributed by atoms with E-state index in [1.165, 1.54) is 0 Å². The lowest BCUT2D eigenvalue weighted by Gasteiger charge is -2.15. The van der Waals surface area contributed by atoms with E-state index in [9.17, 15) is 4.79 Å². The number of carbonyl (C=O) groups excluding carboxylic acids is 1. The van der Waals surface area contributed by atoms with Crippen LogP contribution in [0, 0.1) is 5.92 Å². The summed E-state index contributed by atoms with van der Waals surface area (Å²) in [5, 5.41) is 7.08. The highest BCUT2D eigenvalue weighted by atomic mass is 16.1. The highest BCUT2D eigenvalue weighted by Gasteiger charge is 2.08. The Labute approximate surface area is 106 Å². The number of rotatable bonds is 5. The minimum Gasteiger partial charge on any atom is -0.383 e. The van der Waals surface area contributed by atoms with E-state index >= 15 is 0 Å². The maximum Gasteiger partial charge on any atom is 0.211 e. The van der Waals surface area contributed by atoms with Gasteiger partial charge in [0.2, 0.25) is 6.41 Å². The van der Waals surface area contributed by atoms with Crippen molar-refractivity contribution in [3.63, 3.8) is 0 Å². The minimum absolute atomic E-state index is 0.529. The van der Waals surface area contributed by atoms with E-state index in [2.05, 4.69) is 29.5 Å². The van der Waals surface area contributed by atoms with Crippen molar-refractivity contribution < 1.29 is 4.79 Å². The highest BCUT2D eigenvalue weighted by Crippen LogP contribution is 2.29. The van der Waals surface area contributed by atoms with Gasteiger partial charge in [-0.3, -0.25) is 9.78 Å². The SMILES string of the molecule is CC(C)CNc1c(NC=O)cnc2ccccc12. The van der Waals surface area contributed by atoms with Gasteiger partial charge in [0, 0.05) is 11.9 Å². The molecule has 0 radical (unpaired) electrons. The fourth-order valence-corrected chi connectivity index (χ4v) is 1.81. The number of carbonyl (C=O) groups is 1. The first-order valence-corrected chi connectivity index (χ1v) is 6.04. The Balaban J connectivity index is 2.47. The van der Waals surface area contributed by atoms with Gasteiger partial charge in [-0.2, -0.15) is 0 Å². The molecule has 2 aromatic rings. The minimum atomic E-state index is 0.529. The quantitative estimate of drug-likeness (QED) is 0.794. The number of anilines is 2. The Morgan fingerprint density at radius 3 is 2.83 bits per heavy atom. The summed E-state index contributed by atoms with van der Waals surface area (Å²) in [6.45, 7) is 5.13. The molecule has 0 unspecified atom stereocenters. The number of hydrogen-bond acceptors (Lipinski definition) is 3. The van der Waals surface area contributed by atoms with Crippen molar-refractivity contribution in [2.24, 2.45) is 5.92 Å². The fourth-order valence-electron chi connectivity index (χ4n) is 1.81. The van der Waals surface area contributed by atoms with E-state index in [0.29, 0.717) is 18.0 Å². The molecule has 0 spiro atoms. The van der Waals surface area contributed by atoms with E-state index in [1.54, 1.807) is 6.20 Å². The van der Waals surface area contributed by atoms with Crippen LogP contribution in [0.3, 0.4) is 0 Å². The molecule has 0 aliphatic carbocycles. The van der Waals surface area contributed by atoms with E-state index in [-0.39, 0.29) is 0 Å². The van der Waals surface area contributed by atoms with E-state index in [4.69, 9.17) is 0 Å². The molecule has 1 aromatic carbocycles. The Kier molecular flexibility index (Phi) is 3.77. The monoisotopic (exact) mass is 243 g/mol. The Morgan fingerprint density at radius 1 is 1.33 bits per heavy atom. The Bertz CT molecular complexity index is 552. The number of aromatic nitrogens is 1. The fraction of sp³-hybridized carbons (Fsp3) is 0.286. The summed E-state index contributed by atoms with van der Waals surface area (Å²) < 4.78 is 0. The standard InChI is InChI=1S/C14H17N3O/c1-10(2)7-16-14-11-5-3-4-6-12(11)15-8-13(14)17-9-18/h3-6,8-10H,7H2,1-2H3,(H,15,16)(H,17,18). The first kappa shape index (κ1) is 12.4. The summed E-state index contributed by atoms with van der Waals surface area (Å²) in [4.78, 5) is 15.0. The second kappa shape index (κ2) is 5.49. The third-order valence-electron chi connectivity index (χ3n) is 2.68. The van der Waals surface area contributed by atoms with Crippen LogP contribution in [-0.2, 0) is 4.79 Å². The number of amides is 1. The molecule has 2 rings (SSSR count). The van der Waals surface area contributed by atoms with Crippen molar-refractivity contribution in [3.05, 3.63) is 30.5 Å². The van der Waals surface area contributed by atoms with Gasteiger partial charge < -0.3 is 10.6 Å². The van der Waals surface area contributed by atoms with Gasteiger partial charge >= 0.3 is 0 Å². The maximum atomic E-state index is 10.6. The molecular weight excluding hydrogens is 226 g/mol. The van der Waals surface area contributed by atoms with Crippen molar-refractivity contribution in [1.29, 1.82) is 0 Å². The molecule has 0 bridgehead atoms. The van der Waals surface area contributed by atoms with Crippen LogP contribution < -0.4 is 10.6 Å². The number of hydrogen-bond donors (Lipinski definition) is 2. The second-order valence-corrected chi connectivity index (χ2v) is 4.60. The van der Waals surface area contributed by atoms with Crippen molar-refractivity contribution in [2.75, 3.05) is 17.2 Å². The molecule has 4 nitrogen and oxygen atoms in total. The average molecular weight is 243 g/mol. The normalized spacial score (nSPS) is 10.6. The maximum absolute atomic E-state index is 10.6. The third-order valence-corrected chi connectivity index (χ3v) is 2.68. The van der Waals surface area contributed by atoms with Gasteiger partial charge in [0.05, 0.1) is 23.1 Å². The van der Waals surface area contributed by atoms with Crippen molar-refractivity contribution in [3.8, 4) is 0 Å². The topological polar surface area (TPSA) is 54.0 Å². The predicted molar refractivity (Wildman–Crippen MR) is 74.8 cm³/mol. The lowest BCUT2D eigenvalue weighted by Crippen LogP contribution is -2.10. The predicted octanol–water partition coefficient (Wildman–Crippen LogP) is 2.87. The van der Waals surface area contributed by atoms with E-state index in [1.807, 2.05) is 24.3 Å². The van der Waals surface area contributed by atoms with Crippen molar-refractivity contribution in [1.82, 2.24) is 4.98 Å². The van der Waals surface area contributed by atoms with Crippen LogP contribution in [0.5, 0.6) is 0 Å². The molecule has 0 saturated carbocycles. The number of para-hydroxylation sites is 1. The molecule has 0 atom stereocenters. The molecule has 1 heterocycles. The van der Waals surface area contributed by atoms with Gasteiger partial charge in [0.15, 0.2) is 0 Å². The van der Waals surface area contributed by atoms with Gasteiger partial charge in [0.1, 0.15) is 0 Å². The highest BCUT2D eigenvalue weighted by molar-refractivity contribution is 5.99. The Morgan fingerprint density at radius 2 is 2.11 bits per heavy atom. The number of nitrogens with one attached hydrogen (secondary N) is 2. The van der Waals surface area contributed by atoms with Crippen molar-refractivity contribution in [2.45, 2.75) is 13.8 Å². The van der Waals surface area contributed by atoms with E-state index < -0.39 is 0 Å². The number of benzene rings is 1. The molecule has 1 aromatic heterocycles. The van der Waals surface area contributed by atoms with Gasteiger partial charge in [-0.25, -0.2) is 0 Å². The number of pyridine rings is 1. The van der Waals surface area contributed by atoms with Gasteiger partial charge in [-0.05, 0) is 12.0 Å². The van der Waals surface area contributed by atoms with Crippen LogP contribution in [-0.4, -0.2) is 17.9 Å². The van der Waals surface area contributed by atoms with Crippen LogP contribution in [0.25, 0.3) is 10.9 Å². The smallest absolute Gasteiger partial charge is 0.211 e. The summed E-state index contributed by atoms with van der Waals surface area (Å²) in [6.07, 6.45) is 2.35. The molecule has 94 valence electrons. The van der Waals surface area contributed by atoms with E-state index in [0.717, 1.165) is 23.1 Å².